The lowest BCUT2D eigenvalue weighted by molar-refractivity contribution is 0.0527. The normalized spacial score (nSPS) is 10.2. The number of halogens is 2. The van der Waals surface area contributed by atoms with Crippen LogP contribution in [0.15, 0.2) is 40.9 Å². The standard InChI is InChI=1S/C15H14BrFN2O2/c1-2-21-15(20)11-7-9(18)3-6-14(11)19-10-4-5-13(17)12(16)8-10/h3-8,19H,2,18H2,1H3. The van der Waals surface area contributed by atoms with Crippen molar-refractivity contribution in [3.63, 3.8) is 0 Å². The van der Waals surface area contributed by atoms with Gasteiger partial charge >= 0.3 is 5.97 Å². The third-order valence-corrected chi connectivity index (χ3v) is 3.35. The summed E-state index contributed by atoms with van der Waals surface area (Å²) in [6.07, 6.45) is 0. The largest absolute Gasteiger partial charge is 0.462 e. The van der Waals surface area contributed by atoms with Crippen LogP contribution >= 0.6 is 15.9 Å². The number of carbonyl (C=O) groups is 1. The van der Waals surface area contributed by atoms with Gasteiger partial charge in [0.1, 0.15) is 5.82 Å². The van der Waals surface area contributed by atoms with Crippen molar-refractivity contribution in [1.82, 2.24) is 0 Å². The summed E-state index contributed by atoms with van der Waals surface area (Å²) in [5, 5.41) is 3.05. The Balaban J connectivity index is 2.34. The fourth-order valence-electron chi connectivity index (χ4n) is 1.78. The van der Waals surface area contributed by atoms with Gasteiger partial charge in [-0.25, -0.2) is 9.18 Å². The fraction of sp³-hybridized carbons (Fsp3) is 0.133. The molecule has 6 heteroatoms. The number of carbonyl (C=O) groups excluding carboxylic acids is 1. The number of esters is 1. The Labute approximate surface area is 130 Å². The fourth-order valence-corrected chi connectivity index (χ4v) is 2.16. The molecule has 110 valence electrons. The van der Waals surface area contributed by atoms with Gasteiger partial charge in [-0.1, -0.05) is 0 Å². The van der Waals surface area contributed by atoms with Gasteiger partial charge in [-0.2, -0.15) is 0 Å². The number of nitrogens with one attached hydrogen (secondary N) is 1. The van der Waals surface area contributed by atoms with Crippen LogP contribution in [0.25, 0.3) is 0 Å². The maximum atomic E-state index is 13.2. The zero-order chi connectivity index (χ0) is 15.4. The van der Waals surface area contributed by atoms with E-state index in [0.29, 0.717) is 27.1 Å². The molecule has 2 aromatic carbocycles. The molecule has 0 aliphatic rings. The van der Waals surface area contributed by atoms with Crippen molar-refractivity contribution in [3.05, 3.63) is 52.3 Å². The number of rotatable bonds is 4. The van der Waals surface area contributed by atoms with Gasteiger partial charge in [0.2, 0.25) is 0 Å². The van der Waals surface area contributed by atoms with Gasteiger partial charge in [-0.05, 0) is 59.3 Å². The summed E-state index contributed by atoms with van der Waals surface area (Å²) >= 11 is 3.12. The van der Waals surface area contributed by atoms with Crippen molar-refractivity contribution in [3.8, 4) is 0 Å². The molecule has 0 heterocycles. The van der Waals surface area contributed by atoms with E-state index in [-0.39, 0.29) is 12.4 Å². The molecule has 2 rings (SSSR count). The maximum absolute atomic E-state index is 13.2. The molecule has 0 fully saturated rings. The van der Waals surface area contributed by atoms with Crippen molar-refractivity contribution < 1.29 is 13.9 Å². The van der Waals surface area contributed by atoms with Crippen LogP contribution in [0.3, 0.4) is 0 Å². The van der Waals surface area contributed by atoms with Crippen LogP contribution in [0.2, 0.25) is 0 Å². The number of hydrogen-bond donors (Lipinski definition) is 2. The zero-order valence-electron chi connectivity index (χ0n) is 11.3. The molecule has 0 bridgehead atoms. The van der Waals surface area contributed by atoms with Crippen molar-refractivity contribution in [2.45, 2.75) is 6.92 Å². The Kier molecular flexibility index (Phi) is 4.80. The predicted molar refractivity (Wildman–Crippen MR) is 84.2 cm³/mol. The highest BCUT2D eigenvalue weighted by atomic mass is 79.9. The minimum absolute atomic E-state index is 0.273. The number of anilines is 3. The number of nitrogen functional groups attached to an aromatic ring is 1. The van der Waals surface area contributed by atoms with Crippen LogP contribution in [0.5, 0.6) is 0 Å². The minimum Gasteiger partial charge on any atom is -0.462 e. The third kappa shape index (κ3) is 3.72. The molecule has 4 nitrogen and oxygen atoms in total. The summed E-state index contributed by atoms with van der Waals surface area (Å²) in [4.78, 5) is 11.9. The van der Waals surface area contributed by atoms with Crippen molar-refractivity contribution in [2.75, 3.05) is 17.7 Å². The lowest BCUT2D eigenvalue weighted by Gasteiger charge is -2.12. The number of benzene rings is 2. The van der Waals surface area contributed by atoms with E-state index in [1.54, 1.807) is 37.3 Å². The predicted octanol–water partition coefficient (Wildman–Crippen LogP) is 4.09. The van der Waals surface area contributed by atoms with E-state index < -0.39 is 5.97 Å². The van der Waals surface area contributed by atoms with E-state index in [1.807, 2.05) is 0 Å². The first-order valence-corrected chi connectivity index (χ1v) is 7.09. The van der Waals surface area contributed by atoms with Gasteiger partial charge in [-0.15, -0.1) is 0 Å². The summed E-state index contributed by atoms with van der Waals surface area (Å²) in [6.45, 7) is 2.00. The molecule has 0 atom stereocenters. The Morgan fingerprint density at radius 1 is 1.33 bits per heavy atom. The van der Waals surface area contributed by atoms with E-state index in [4.69, 9.17) is 10.5 Å². The minimum atomic E-state index is -0.464. The molecule has 0 radical (unpaired) electrons. The summed E-state index contributed by atoms with van der Waals surface area (Å²) in [5.74, 6) is -0.822. The Morgan fingerprint density at radius 3 is 2.76 bits per heavy atom. The highest BCUT2D eigenvalue weighted by molar-refractivity contribution is 9.10. The topological polar surface area (TPSA) is 64.3 Å². The second kappa shape index (κ2) is 6.58. The first kappa shape index (κ1) is 15.3. The maximum Gasteiger partial charge on any atom is 0.340 e. The zero-order valence-corrected chi connectivity index (χ0v) is 12.9. The van der Waals surface area contributed by atoms with E-state index >= 15 is 0 Å². The van der Waals surface area contributed by atoms with Crippen LogP contribution in [0.4, 0.5) is 21.5 Å². The molecule has 0 aliphatic heterocycles. The van der Waals surface area contributed by atoms with E-state index in [1.165, 1.54) is 6.07 Å². The molecule has 0 aromatic heterocycles. The summed E-state index contributed by atoms with van der Waals surface area (Å²) in [6, 6.07) is 9.38. The second-order valence-corrected chi connectivity index (χ2v) is 5.13. The first-order chi connectivity index (χ1) is 10.0. The lowest BCUT2D eigenvalue weighted by atomic mass is 10.1. The Morgan fingerprint density at radius 2 is 2.10 bits per heavy atom. The molecular weight excluding hydrogens is 339 g/mol. The van der Waals surface area contributed by atoms with Gasteiger partial charge in [0, 0.05) is 11.4 Å². The molecule has 21 heavy (non-hydrogen) atoms. The first-order valence-electron chi connectivity index (χ1n) is 6.30. The lowest BCUT2D eigenvalue weighted by Crippen LogP contribution is -2.08. The SMILES string of the molecule is CCOC(=O)c1cc(N)ccc1Nc1ccc(F)c(Br)c1. The van der Waals surface area contributed by atoms with Gasteiger partial charge in [-0.3, -0.25) is 0 Å². The molecule has 2 aromatic rings. The molecule has 0 saturated heterocycles. The highest BCUT2D eigenvalue weighted by Crippen LogP contribution is 2.26. The van der Waals surface area contributed by atoms with Crippen LogP contribution in [-0.2, 0) is 4.74 Å². The van der Waals surface area contributed by atoms with E-state index in [2.05, 4.69) is 21.2 Å². The average Bonchev–Trinajstić information content (AvgIpc) is 2.45. The van der Waals surface area contributed by atoms with Crippen LogP contribution in [0, 0.1) is 5.82 Å². The summed E-state index contributed by atoms with van der Waals surface area (Å²) in [5.41, 5.74) is 7.68. The highest BCUT2D eigenvalue weighted by Gasteiger charge is 2.13. The molecule has 3 N–H and O–H groups in total. The smallest absolute Gasteiger partial charge is 0.340 e. The van der Waals surface area contributed by atoms with E-state index in [9.17, 15) is 9.18 Å². The average molecular weight is 353 g/mol. The summed E-state index contributed by atoms with van der Waals surface area (Å²) < 4.78 is 18.6. The molecule has 0 aliphatic carbocycles. The molecule has 0 spiro atoms. The van der Waals surface area contributed by atoms with Crippen LogP contribution < -0.4 is 11.1 Å². The number of hydrogen-bond acceptors (Lipinski definition) is 4. The van der Waals surface area contributed by atoms with Gasteiger partial charge in [0.15, 0.2) is 0 Å². The second-order valence-electron chi connectivity index (χ2n) is 4.28. The molecular formula is C15H14BrFN2O2. The van der Waals surface area contributed by atoms with Crippen LogP contribution in [-0.4, -0.2) is 12.6 Å². The van der Waals surface area contributed by atoms with Crippen molar-refractivity contribution in [2.24, 2.45) is 0 Å². The van der Waals surface area contributed by atoms with Crippen molar-refractivity contribution >= 4 is 39.0 Å². The van der Waals surface area contributed by atoms with Gasteiger partial charge in [0.05, 0.1) is 22.3 Å². The molecule has 0 saturated carbocycles. The molecule has 0 amide bonds. The number of ether oxygens (including phenoxy) is 1. The number of nitrogens with two attached hydrogens (primary N) is 1. The van der Waals surface area contributed by atoms with Gasteiger partial charge < -0.3 is 15.8 Å². The summed E-state index contributed by atoms with van der Waals surface area (Å²) in [7, 11) is 0. The monoisotopic (exact) mass is 352 g/mol. The van der Waals surface area contributed by atoms with Gasteiger partial charge in [0.25, 0.3) is 0 Å². The van der Waals surface area contributed by atoms with Crippen LogP contribution in [0.1, 0.15) is 17.3 Å². The van der Waals surface area contributed by atoms with E-state index in [0.717, 1.165) is 0 Å². The van der Waals surface area contributed by atoms with Crippen molar-refractivity contribution in [1.29, 1.82) is 0 Å². The Bertz CT molecular complexity index is 677. The Hall–Kier alpha value is -2.08. The molecule has 0 unspecified atom stereocenters. The quantitative estimate of drug-likeness (QED) is 0.642. The third-order valence-electron chi connectivity index (χ3n) is 2.74.